The molecule has 0 aliphatic heterocycles. The lowest BCUT2D eigenvalue weighted by molar-refractivity contribution is -0.147. The normalized spacial score (nSPS) is 22.6. The van der Waals surface area contributed by atoms with Crippen LogP contribution >= 0.6 is 0 Å². The molecule has 0 fully saturated rings. The highest BCUT2D eigenvalue weighted by molar-refractivity contribution is 5.88. The maximum absolute atomic E-state index is 11.4. The van der Waals surface area contributed by atoms with Crippen LogP contribution in [0.25, 0.3) is 0 Å². The molecule has 2 rings (SSSR count). The van der Waals surface area contributed by atoms with Crippen molar-refractivity contribution in [3.63, 3.8) is 0 Å². The van der Waals surface area contributed by atoms with Gasteiger partial charge in [-0.1, -0.05) is 24.3 Å². The molecule has 4 nitrogen and oxygen atoms in total. The van der Waals surface area contributed by atoms with Crippen molar-refractivity contribution in [3.05, 3.63) is 35.4 Å². The summed E-state index contributed by atoms with van der Waals surface area (Å²) in [5.41, 5.74) is 0.471. The number of carboxylic acids is 1. The molecular formula is C12H13NO3. The van der Waals surface area contributed by atoms with Gasteiger partial charge in [0.1, 0.15) is 0 Å². The monoisotopic (exact) mass is 219 g/mol. The van der Waals surface area contributed by atoms with Crippen LogP contribution in [0.4, 0.5) is 0 Å². The first-order chi connectivity index (χ1) is 7.56. The standard InChI is InChI=1S/C12H13NO3/c1-8(14)13-12(11(15)16)7-6-9-4-2-3-5-10(9)12/h2-5H,6-7H2,1H3,(H,13,14)(H,15,16)/t12-/m1/s1. The van der Waals surface area contributed by atoms with Crippen LogP contribution in [0.3, 0.4) is 0 Å². The van der Waals surface area contributed by atoms with Gasteiger partial charge in [-0.25, -0.2) is 4.79 Å². The molecule has 0 saturated carbocycles. The molecular weight excluding hydrogens is 206 g/mol. The van der Waals surface area contributed by atoms with Crippen molar-refractivity contribution in [2.24, 2.45) is 0 Å². The summed E-state index contributed by atoms with van der Waals surface area (Å²) in [6.07, 6.45) is 1.10. The van der Waals surface area contributed by atoms with Crippen LogP contribution in [0.1, 0.15) is 24.5 Å². The lowest BCUT2D eigenvalue weighted by atomic mass is 9.92. The number of carbonyl (C=O) groups excluding carboxylic acids is 1. The molecule has 0 heterocycles. The largest absolute Gasteiger partial charge is 0.479 e. The number of carboxylic acid groups (broad SMARTS) is 1. The maximum Gasteiger partial charge on any atom is 0.334 e. The first kappa shape index (κ1) is 10.7. The van der Waals surface area contributed by atoms with Crippen LogP contribution in [0.2, 0.25) is 0 Å². The fourth-order valence-corrected chi connectivity index (χ4v) is 2.32. The third-order valence-electron chi connectivity index (χ3n) is 3.00. The van der Waals surface area contributed by atoms with Crippen LogP contribution in [0.5, 0.6) is 0 Å². The number of rotatable bonds is 2. The second-order valence-electron chi connectivity index (χ2n) is 4.05. The summed E-state index contributed by atoms with van der Waals surface area (Å²) in [7, 11) is 0. The van der Waals surface area contributed by atoms with Crippen LogP contribution in [-0.4, -0.2) is 17.0 Å². The van der Waals surface area contributed by atoms with E-state index in [4.69, 9.17) is 0 Å². The number of amides is 1. The highest BCUT2D eigenvalue weighted by Gasteiger charge is 2.46. The summed E-state index contributed by atoms with van der Waals surface area (Å²) in [6.45, 7) is 1.34. The van der Waals surface area contributed by atoms with Crippen molar-refractivity contribution in [1.29, 1.82) is 0 Å². The highest BCUT2D eigenvalue weighted by atomic mass is 16.4. The zero-order chi connectivity index (χ0) is 11.8. The first-order valence-electron chi connectivity index (χ1n) is 5.17. The fraction of sp³-hybridized carbons (Fsp3) is 0.333. The van der Waals surface area contributed by atoms with E-state index < -0.39 is 11.5 Å². The van der Waals surface area contributed by atoms with Crippen molar-refractivity contribution in [2.75, 3.05) is 0 Å². The maximum atomic E-state index is 11.4. The van der Waals surface area contributed by atoms with Gasteiger partial charge in [0.15, 0.2) is 5.54 Å². The quantitative estimate of drug-likeness (QED) is 0.781. The highest BCUT2D eigenvalue weighted by Crippen LogP contribution is 2.36. The van der Waals surface area contributed by atoms with Gasteiger partial charge in [-0.3, -0.25) is 4.79 Å². The SMILES string of the molecule is CC(=O)N[C@]1(C(=O)O)CCc2ccccc21. The Balaban J connectivity index is 2.51. The smallest absolute Gasteiger partial charge is 0.334 e. The van der Waals surface area contributed by atoms with Gasteiger partial charge in [-0.05, 0) is 24.0 Å². The summed E-state index contributed by atoms with van der Waals surface area (Å²) < 4.78 is 0. The van der Waals surface area contributed by atoms with E-state index in [0.29, 0.717) is 18.4 Å². The number of hydrogen-bond donors (Lipinski definition) is 2. The van der Waals surface area contributed by atoms with E-state index in [2.05, 4.69) is 5.32 Å². The van der Waals surface area contributed by atoms with Crippen LogP contribution in [-0.2, 0) is 21.5 Å². The summed E-state index contributed by atoms with van der Waals surface area (Å²) >= 11 is 0. The molecule has 1 amide bonds. The minimum Gasteiger partial charge on any atom is -0.479 e. The molecule has 84 valence electrons. The number of nitrogens with one attached hydrogen (secondary N) is 1. The molecule has 0 bridgehead atoms. The van der Waals surface area contributed by atoms with E-state index >= 15 is 0 Å². The van der Waals surface area contributed by atoms with E-state index in [0.717, 1.165) is 5.56 Å². The third-order valence-corrected chi connectivity index (χ3v) is 3.00. The number of carbonyl (C=O) groups is 2. The Kier molecular flexibility index (Phi) is 2.42. The lowest BCUT2D eigenvalue weighted by Crippen LogP contribution is -2.49. The van der Waals surface area contributed by atoms with Crippen LogP contribution < -0.4 is 5.32 Å². The molecule has 0 aromatic heterocycles. The number of aryl methyl sites for hydroxylation is 1. The Morgan fingerprint density at radius 3 is 2.69 bits per heavy atom. The molecule has 1 aliphatic rings. The van der Waals surface area contributed by atoms with E-state index in [1.807, 2.05) is 12.1 Å². The zero-order valence-corrected chi connectivity index (χ0v) is 8.99. The number of benzene rings is 1. The van der Waals surface area contributed by atoms with Crippen molar-refractivity contribution in [3.8, 4) is 0 Å². The molecule has 0 saturated heterocycles. The lowest BCUT2D eigenvalue weighted by Gasteiger charge is -2.26. The summed E-state index contributed by atoms with van der Waals surface area (Å²) in [5.74, 6) is -1.31. The van der Waals surface area contributed by atoms with E-state index in [1.54, 1.807) is 12.1 Å². The Morgan fingerprint density at radius 1 is 1.38 bits per heavy atom. The molecule has 1 aromatic rings. The predicted octanol–water partition coefficient (Wildman–Crippen LogP) is 1.05. The Morgan fingerprint density at radius 2 is 2.06 bits per heavy atom. The Labute approximate surface area is 93.3 Å². The average Bonchev–Trinajstić information content (AvgIpc) is 2.58. The van der Waals surface area contributed by atoms with Crippen molar-refractivity contribution >= 4 is 11.9 Å². The molecule has 0 radical (unpaired) electrons. The predicted molar refractivity (Wildman–Crippen MR) is 57.9 cm³/mol. The summed E-state index contributed by atoms with van der Waals surface area (Å²) in [6, 6.07) is 7.35. The van der Waals surface area contributed by atoms with Gasteiger partial charge in [0.25, 0.3) is 0 Å². The molecule has 1 atom stereocenters. The average molecular weight is 219 g/mol. The number of aliphatic carboxylic acids is 1. The van der Waals surface area contributed by atoms with Gasteiger partial charge in [0, 0.05) is 6.92 Å². The number of hydrogen-bond acceptors (Lipinski definition) is 2. The van der Waals surface area contributed by atoms with E-state index in [-0.39, 0.29) is 5.91 Å². The molecule has 0 spiro atoms. The van der Waals surface area contributed by atoms with Gasteiger partial charge in [-0.2, -0.15) is 0 Å². The molecule has 0 unspecified atom stereocenters. The molecule has 2 N–H and O–H groups in total. The minimum absolute atomic E-state index is 0.320. The number of fused-ring (bicyclic) bond motifs is 1. The molecule has 1 aromatic carbocycles. The minimum atomic E-state index is -1.23. The molecule has 4 heteroatoms. The topological polar surface area (TPSA) is 66.4 Å². The van der Waals surface area contributed by atoms with Crippen molar-refractivity contribution in [2.45, 2.75) is 25.3 Å². The van der Waals surface area contributed by atoms with Gasteiger partial charge < -0.3 is 10.4 Å². The van der Waals surface area contributed by atoms with Gasteiger partial charge in [0.2, 0.25) is 5.91 Å². The molecule has 1 aliphatic carbocycles. The third kappa shape index (κ3) is 1.46. The van der Waals surface area contributed by atoms with Gasteiger partial charge in [0.05, 0.1) is 0 Å². The summed E-state index contributed by atoms with van der Waals surface area (Å²) in [5, 5.41) is 11.9. The Hall–Kier alpha value is -1.84. The molecule has 16 heavy (non-hydrogen) atoms. The second-order valence-corrected chi connectivity index (χ2v) is 4.05. The van der Waals surface area contributed by atoms with Crippen LogP contribution in [0, 0.1) is 0 Å². The summed E-state index contributed by atoms with van der Waals surface area (Å²) in [4.78, 5) is 22.6. The van der Waals surface area contributed by atoms with Crippen molar-refractivity contribution < 1.29 is 14.7 Å². The van der Waals surface area contributed by atoms with Crippen LogP contribution in [0.15, 0.2) is 24.3 Å². The van der Waals surface area contributed by atoms with E-state index in [9.17, 15) is 14.7 Å². The second kappa shape index (κ2) is 3.63. The van der Waals surface area contributed by atoms with E-state index in [1.165, 1.54) is 6.92 Å². The Bertz CT molecular complexity index is 455. The van der Waals surface area contributed by atoms with Gasteiger partial charge >= 0.3 is 5.97 Å². The fourth-order valence-electron chi connectivity index (χ4n) is 2.32. The van der Waals surface area contributed by atoms with Gasteiger partial charge in [-0.15, -0.1) is 0 Å². The zero-order valence-electron chi connectivity index (χ0n) is 8.99. The first-order valence-corrected chi connectivity index (χ1v) is 5.17. The van der Waals surface area contributed by atoms with Crippen molar-refractivity contribution in [1.82, 2.24) is 5.32 Å².